The van der Waals surface area contributed by atoms with Crippen molar-refractivity contribution in [1.82, 2.24) is 10.2 Å². The molecule has 4 N–H and O–H groups in total. The summed E-state index contributed by atoms with van der Waals surface area (Å²) in [5.74, 6) is -0.724. The monoisotopic (exact) mass is 393 g/mol. The Balaban J connectivity index is 1.78. The van der Waals surface area contributed by atoms with Crippen LogP contribution < -0.4 is 5.73 Å². The minimum Gasteiger partial charge on any atom is -0.508 e. The first-order valence-electron chi connectivity index (χ1n) is 9.37. The number of nitrogens with zero attached hydrogens (tertiary/aromatic N) is 1. The van der Waals surface area contributed by atoms with Gasteiger partial charge in [-0.2, -0.15) is 5.10 Å². The van der Waals surface area contributed by atoms with E-state index in [1.54, 1.807) is 37.3 Å². The van der Waals surface area contributed by atoms with Gasteiger partial charge in [-0.1, -0.05) is 24.3 Å². The van der Waals surface area contributed by atoms with Crippen molar-refractivity contribution >= 4 is 11.9 Å². The molecule has 1 heterocycles. The van der Waals surface area contributed by atoms with Gasteiger partial charge in [0.1, 0.15) is 5.75 Å². The number of hydrogen-bond acceptors (Lipinski definition) is 5. The van der Waals surface area contributed by atoms with Crippen LogP contribution in [0.25, 0.3) is 0 Å². The van der Waals surface area contributed by atoms with Gasteiger partial charge in [-0.3, -0.25) is 9.89 Å². The zero-order valence-corrected chi connectivity index (χ0v) is 16.1. The Hall–Kier alpha value is -3.61. The van der Waals surface area contributed by atoms with Gasteiger partial charge in [0, 0.05) is 6.42 Å². The molecule has 7 heteroatoms. The van der Waals surface area contributed by atoms with Crippen molar-refractivity contribution in [3.8, 4) is 5.75 Å². The summed E-state index contributed by atoms with van der Waals surface area (Å²) in [4.78, 5) is 24.0. The number of aromatic nitrogens is 2. The maximum Gasteiger partial charge on any atom is 0.338 e. The molecule has 0 unspecified atom stereocenters. The molecule has 1 amide bonds. The van der Waals surface area contributed by atoms with E-state index in [-0.39, 0.29) is 11.7 Å². The number of amides is 1. The lowest BCUT2D eigenvalue weighted by atomic mass is 10.0. The first-order valence-corrected chi connectivity index (χ1v) is 9.37. The molecular weight excluding hydrogens is 370 g/mol. The first-order chi connectivity index (χ1) is 14.0. The van der Waals surface area contributed by atoms with Crippen LogP contribution in [0.1, 0.15) is 50.2 Å². The Labute approximate surface area is 168 Å². The largest absolute Gasteiger partial charge is 0.508 e. The van der Waals surface area contributed by atoms with Crippen molar-refractivity contribution in [2.45, 2.75) is 26.2 Å². The number of hydrogen-bond donors (Lipinski definition) is 3. The average Bonchev–Trinajstić information content (AvgIpc) is 3.10. The number of nitrogens with one attached hydrogen (secondary N) is 1. The van der Waals surface area contributed by atoms with Crippen LogP contribution >= 0.6 is 0 Å². The van der Waals surface area contributed by atoms with E-state index >= 15 is 0 Å². The van der Waals surface area contributed by atoms with Gasteiger partial charge < -0.3 is 15.6 Å². The molecule has 2 aromatic carbocycles. The molecule has 0 spiro atoms. The Morgan fingerprint density at radius 1 is 1.10 bits per heavy atom. The molecule has 0 fully saturated rings. The van der Waals surface area contributed by atoms with Crippen molar-refractivity contribution in [3.63, 3.8) is 0 Å². The Morgan fingerprint density at radius 3 is 2.55 bits per heavy atom. The van der Waals surface area contributed by atoms with E-state index in [0.717, 1.165) is 11.1 Å². The maximum atomic E-state index is 12.1. The number of rotatable bonds is 8. The van der Waals surface area contributed by atoms with Crippen molar-refractivity contribution in [1.29, 1.82) is 0 Å². The summed E-state index contributed by atoms with van der Waals surface area (Å²) < 4.78 is 5.03. The van der Waals surface area contributed by atoms with Crippen molar-refractivity contribution < 1.29 is 19.4 Å². The zero-order chi connectivity index (χ0) is 20.8. The summed E-state index contributed by atoms with van der Waals surface area (Å²) in [6.07, 6.45) is 1.57. The summed E-state index contributed by atoms with van der Waals surface area (Å²) in [5.41, 5.74) is 9.52. The molecular formula is C22H23N3O4. The fourth-order valence-corrected chi connectivity index (χ4v) is 3.17. The summed E-state index contributed by atoms with van der Waals surface area (Å²) in [6.45, 7) is 2.06. The van der Waals surface area contributed by atoms with Gasteiger partial charge in [0.2, 0.25) is 0 Å². The first kappa shape index (κ1) is 20.1. The van der Waals surface area contributed by atoms with Crippen LogP contribution in [0.2, 0.25) is 0 Å². The molecule has 0 atom stereocenters. The van der Waals surface area contributed by atoms with E-state index in [0.29, 0.717) is 48.4 Å². The number of benzene rings is 2. The molecule has 0 aliphatic heterocycles. The zero-order valence-electron chi connectivity index (χ0n) is 16.1. The molecule has 3 aromatic rings. The third-order valence-corrected chi connectivity index (χ3v) is 4.57. The number of primary amides is 1. The summed E-state index contributed by atoms with van der Waals surface area (Å²) in [7, 11) is 0. The number of phenols is 1. The van der Waals surface area contributed by atoms with Crippen molar-refractivity contribution in [2.24, 2.45) is 5.73 Å². The number of ether oxygens (including phenoxy) is 1. The van der Waals surface area contributed by atoms with E-state index in [2.05, 4.69) is 10.2 Å². The molecule has 0 aliphatic rings. The van der Waals surface area contributed by atoms with E-state index in [4.69, 9.17) is 10.5 Å². The average molecular weight is 393 g/mol. The molecule has 0 radical (unpaired) electrons. The lowest BCUT2D eigenvalue weighted by molar-refractivity contribution is 0.0526. The molecule has 3 rings (SSSR count). The highest BCUT2D eigenvalue weighted by atomic mass is 16.5. The van der Waals surface area contributed by atoms with Gasteiger partial charge >= 0.3 is 5.97 Å². The summed E-state index contributed by atoms with van der Waals surface area (Å²) in [5, 5.41) is 16.6. The summed E-state index contributed by atoms with van der Waals surface area (Å²) in [6, 6.07) is 14.0. The number of phenolic OH excluding ortho intramolecular Hbond substituents is 1. The second-order valence-electron chi connectivity index (χ2n) is 6.65. The van der Waals surface area contributed by atoms with Crippen LogP contribution in [0, 0.1) is 0 Å². The summed E-state index contributed by atoms with van der Waals surface area (Å²) >= 11 is 0. The van der Waals surface area contributed by atoms with E-state index in [1.807, 2.05) is 18.2 Å². The number of aromatic amines is 1. The molecule has 0 saturated carbocycles. The third kappa shape index (κ3) is 5.01. The van der Waals surface area contributed by atoms with Gasteiger partial charge in [0.05, 0.1) is 29.1 Å². The van der Waals surface area contributed by atoms with Gasteiger partial charge in [-0.25, -0.2) is 4.79 Å². The van der Waals surface area contributed by atoms with Crippen molar-refractivity contribution in [3.05, 3.63) is 82.2 Å². The number of H-pyrrole nitrogens is 1. The fraction of sp³-hybridized carbons (Fsp3) is 0.227. The van der Waals surface area contributed by atoms with Crippen LogP contribution in [0.3, 0.4) is 0 Å². The van der Waals surface area contributed by atoms with Gasteiger partial charge in [-0.05, 0) is 55.2 Å². The highest BCUT2D eigenvalue weighted by molar-refractivity contribution is 5.95. The maximum absolute atomic E-state index is 12.1. The Bertz CT molecular complexity index is 1010. The number of esters is 1. The molecule has 0 bridgehead atoms. The van der Waals surface area contributed by atoms with Gasteiger partial charge in [0.25, 0.3) is 5.91 Å². The van der Waals surface area contributed by atoms with Crippen molar-refractivity contribution in [2.75, 3.05) is 6.61 Å². The van der Waals surface area contributed by atoms with Crippen LogP contribution in [0.5, 0.6) is 5.75 Å². The predicted molar refractivity (Wildman–Crippen MR) is 108 cm³/mol. The minimum atomic E-state index is -0.545. The molecule has 0 saturated heterocycles. The van der Waals surface area contributed by atoms with Crippen LogP contribution in [0.4, 0.5) is 0 Å². The molecule has 150 valence electrons. The molecule has 1 aromatic heterocycles. The van der Waals surface area contributed by atoms with Crippen LogP contribution in [0.15, 0.2) is 48.5 Å². The van der Waals surface area contributed by atoms with Crippen LogP contribution in [-0.2, 0) is 24.0 Å². The number of carbonyl (C=O) groups is 2. The molecule has 0 aliphatic carbocycles. The van der Waals surface area contributed by atoms with E-state index < -0.39 is 5.91 Å². The third-order valence-electron chi connectivity index (χ3n) is 4.57. The fourth-order valence-electron chi connectivity index (χ4n) is 3.17. The van der Waals surface area contributed by atoms with Gasteiger partial charge in [-0.15, -0.1) is 0 Å². The second-order valence-corrected chi connectivity index (χ2v) is 6.65. The highest BCUT2D eigenvalue weighted by Crippen LogP contribution is 2.19. The standard InChI is InChI=1S/C22H23N3O4/c1-2-29-22(28)16-5-3-4-15(12-16)13-19-20(21(23)27)18(24-25-19)11-8-14-6-9-17(26)10-7-14/h3-7,9-10,12,26H,2,8,11,13H2,1H3,(H2,23,27)(H,24,25). The second kappa shape index (κ2) is 9.05. The number of aryl methyl sites for hydroxylation is 2. The SMILES string of the molecule is CCOC(=O)c1cccc(Cc2[nH]nc(CCc3ccc(O)cc3)c2C(N)=O)c1. The normalized spacial score (nSPS) is 10.7. The smallest absolute Gasteiger partial charge is 0.338 e. The molecule has 7 nitrogen and oxygen atoms in total. The minimum absolute atomic E-state index is 0.207. The van der Waals surface area contributed by atoms with Crippen LogP contribution in [-0.4, -0.2) is 33.8 Å². The number of nitrogens with two attached hydrogens (primary N) is 1. The topological polar surface area (TPSA) is 118 Å². The lowest BCUT2D eigenvalue weighted by Gasteiger charge is -2.06. The highest BCUT2D eigenvalue weighted by Gasteiger charge is 2.19. The van der Waals surface area contributed by atoms with E-state index in [1.165, 1.54) is 0 Å². The molecule has 29 heavy (non-hydrogen) atoms. The predicted octanol–water partition coefficient (Wildman–Crippen LogP) is 2.77. The number of carbonyl (C=O) groups excluding carboxylic acids is 2. The number of aromatic hydroxyl groups is 1. The quantitative estimate of drug-likeness (QED) is 0.509. The Morgan fingerprint density at radius 2 is 1.86 bits per heavy atom. The Kier molecular flexibility index (Phi) is 6.29. The van der Waals surface area contributed by atoms with Gasteiger partial charge in [0.15, 0.2) is 0 Å². The van der Waals surface area contributed by atoms with E-state index in [9.17, 15) is 14.7 Å². The lowest BCUT2D eigenvalue weighted by Crippen LogP contribution is -2.15.